The fourth-order valence-corrected chi connectivity index (χ4v) is 5.09. The number of aromatic nitrogens is 2. The van der Waals surface area contributed by atoms with Crippen molar-refractivity contribution in [2.45, 2.75) is 26.1 Å². The quantitative estimate of drug-likeness (QED) is 0.297. The number of fused-ring (bicyclic) bond motifs is 1. The average molecular weight is 510 g/mol. The molecule has 9 heteroatoms. The van der Waals surface area contributed by atoms with E-state index < -0.39 is 6.10 Å². The predicted octanol–water partition coefficient (Wildman–Crippen LogP) is 4.07. The van der Waals surface area contributed by atoms with Crippen molar-refractivity contribution in [1.82, 2.24) is 14.9 Å². The number of methoxy groups -OCH3 is 2. The summed E-state index contributed by atoms with van der Waals surface area (Å²) in [5, 5.41) is 12.9. The molecule has 8 nitrogen and oxygen atoms in total. The van der Waals surface area contributed by atoms with E-state index in [2.05, 4.69) is 9.88 Å². The summed E-state index contributed by atoms with van der Waals surface area (Å²) >= 11 is 1.43. The minimum absolute atomic E-state index is 0.199. The van der Waals surface area contributed by atoms with Gasteiger partial charge in [0.2, 0.25) is 0 Å². The number of benzene rings is 2. The van der Waals surface area contributed by atoms with Gasteiger partial charge in [0.1, 0.15) is 10.7 Å². The van der Waals surface area contributed by atoms with E-state index in [1.807, 2.05) is 60.8 Å². The van der Waals surface area contributed by atoms with Crippen LogP contribution >= 0.6 is 11.3 Å². The van der Waals surface area contributed by atoms with E-state index in [0.29, 0.717) is 53.8 Å². The highest BCUT2D eigenvalue weighted by molar-refractivity contribution is 7.17. The third-order valence-corrected chi connectivity index (χ3v) is 6.67. The lowest BCUT2D eigenvalue weighted by Gasteiger charge is -2.24. The molecule has 36 heavy (non-hydrogen) atoms. The zero-order chi connectivity index (χ0) is 25.5. The lowest BCUT2D eigenvalue weighted by atomic mass is 10.1. The van der Waals surface area contributed by atoms with Gasteiger partial charge in [-0.15, -0.1) is 11.3 Å². The van der Waals surface area contributed by atoms with Crippen molar-refractivity contribution in [2.75, 3.05) is 34.0 Å². The maximum atomic E-state index is 13.2. The first-order valence-electron chi connectivity index (χ1n) is 11.8. The van der Waals surface area contributed by atoms with Crippen molar-refractivity contribution in [3.05, 3.63) is 75.7 Å². The standard InChI is InChI=1S/C27H31N3O5S/c1-4-35-16-20(31)14-30(13-18-8-6-5-7-9-18)15-24-28-26(32)25-21(17-36-27(25)29-24)19-10-11-22(33-2)23(12-19)34-3/h5-12,17,20,31H,4,13-16H2,1-3H3,(H,28,29,32)/t20-/m0/s1. The van der Waals surface area contributed by atoms with Crippen molar-refractivity contribution in [3.8, 4) is 22.6 Å². The average Bonchev–Trinajstić information content (AvgIpc) is 3.32. The highest BCUT2D eigenvalue weighted by atomic mass is 32.1. The number of ether oxygens (including phenoxy) is 3. The molecule has 2 N–H and O–H groups in total. The minimum Gasteiger partial charge on any atom is -0.493 e. The summed E-state index contributed by atoms with van der Waals surface area (Å²) in [6.45, 7) is 4.07. The van der Waals surface area contributed by atoms with E-state index in [9.17, 15) is 9.90 Å². The van der Waals surface area contributed by atoms with Gasteiger partial charge in [-0.25, -0.2) is 4.98 Å². The fraction of sp³-hybridized carbons (Fsp3) is 0.333. The van der Waals surface area contributed by atoms with Crippen LogP contribution in [0.1, 0.15) is 18.3 Å². The molecular weight excluding hydrogens is 478 g/mol. The molecule has 2 aromatic carbocycles. The van der Waals surface area contributed by atoms with Crippen LogP contribution in [0.15, 0.2) is 58.7 Å². The normalized spacial score (nSPS) is 12.2. The number of H-pyrrole nitrogens is 1. The Morgan fingerprint density at radius 2 is 1.86 bits per heavy atom. The molecule has 0 radical (unpaired) electrons. The topological polar surface area (TPSA) is 96.9 Å². The third kappa shape index (κ3) is 6.11. The summed E-state index contributed by atoms with van der Waals surface area (Å²) in [4.78, 5) is 23.6. The Labute approximate surface area is 214 Å². The molecule has 1 atom stereocenters. The number of hydrogen-bond acceptors (Lipinski definition) is 8. The molecule has 0 fully saturated rings. The molecule has 4 rings (SSSR count). The first-order valence-corrected chi connectivity index (χ1v) is 12.6. The molecule has 0 aliphatic heterocycles. The van der Waals surface area contributed by atoms with E-state index in [0.717, 1.165) is 16.7 Å². The third-order valence-electron chi connectivity index (χ3n) is 5.79. The maximum Gasteiger partial charge on any atom is 0.260 e. The Morgan fingerprint density at radius 1 is 1.08 bits per heavy atom. The van der Waals surface area contributed by atoms with E-state index in [1.165, 1.54) is 11.3 Å². The van der Waals surface area contributed by atoms with Gasteiger partial charge in [0, 0.05) is 30.6 Å². The zero-order valence-corrected chi connectivity index (χ0v) is 21.5. The highest BCUT2D eigenvalue weighted by Crippen LogP contribution is 2.36. The molecule has 2 aromatic heterocycles. The van der Waals surface area contributed by atoms with Gasteiger partial charge in [-0.05, 0) is 30.2 Å². The van der Waals surface area contributed by atoms with E-state index >= 15 is 0 Å². The minimum atomic E-state index is -0.650. The monoisotopic (exact) mass is 509 g/mol. The molecule has 0 bridgehead atoms. The number of aliphatic hydroxyl groups excluding tert-OH is 1. The zero-order valence-electron chi connectivity index (χ0n) is 20.7. The molecule has 0 spiro atoms. The van der Waals surface area contributed by atoms with Gasteiger partial charge >= 0.3 is 0 Å². The van der Waals surface area contributed by atoms with Crippen LogP contribution in [-0.4, -0.2) is 60.1 Å². The molecule has 4 aromatic rings. The second-order valence-corrected chi connectivity index (χ2v) is 9.24. The van der Waals surface area contributed by atoms with Gasteiger partial charge in [0.25, 0.3) is 5.56 Å². The summed E-state index contributed by atoms with van der Waals surface area (Å²) in [5.74, 6) is 1.77. The first kappa shape index (κ1) is 25.8. The number of hydrogen-bond donors (Lipinski definition) is 2. The van der Waals surface area contributed by atoms with Crippen LogP contribution < -0.4 is 15.0 Å². The van der Waals surface area contributed by atoms with Gasteiger partial charge in [-0.3, -0.25) is 9.69 Å². The molecule has 0 saturated heterocycles. The second kappa shape index (κ2) is 12.1. The van der Waals surface area contributed by atoms with Crippen molar-refractivity contribution in [1.29, 1.82) is 0 Å². The van der Waals surface area contributed by atoms with Crippen LogP contribution in [0.5, 0.6) is 11.5 Å². The number of nitrogens with one attached hydrogen (secondary N) is 1. The Kier molecular flexibility index (Phi) is 8.71. The lowest BCUT2D eigenvalue weighted by molar-refractivity contribution is 0.0175. The summed E-state index contributed by atoms with van der Waals surface area (Å²) in [6.07, 6.45) is -0.650. The van der Waals surface area contributed by atoms with Gasteiger partial charge in [0.15, 0.2) is 11.5 Å². The summed E-state index contributed by atoms with van der Waals surface area (Å²) < 4.78 is 16.1. The molecule has 0 aliphatic rings. The van der Waals surface area contributed by atoms with Crippen LogP contribution in [0, 0.1) is 0 Å². The largest absolute Gasteiger partial charge is 0.493 e. The van der Waals surface area contributed by atoms with E-state index in [4.69, 9.17) is 19.2 Å². The number of rotatable bonds is 12. The van der Waals surface area contributed by atoms with Crippen molar-refractivity contribution >= 4 is 21.6 Å². The molecule has 2 heterocycles. The van der Waals surface area contributed by atoms with Gasteiger partial charge < -0.3 is 24.3 Å². The number of nitrogens with zero attached hydrogens (tertiary/aromatic N) is 2. The van der Waals surface area contributed by atoms with Crippen molar-refractivity contribution in [2.24, 2.45) is 0 Å². The van der Waals surface area contributed by atoms with Crippen LogP contribution in [0.3, 0.4) is 0 Å². The van der Waals surface area contributed by atoms with Crippen LogP contribution in [0.2, 0.25) is 0 Å². The first-order chi connectivity index (χ1) is 17.5. The molecule has 0 aliphatic carbocycles. The lowest BCUT2D eigenvalue weighted by Crippen LogP contribution is -2.35. The smallest absolute Gasteiger partial charge is 0.260 e. The Hall–Kier alpha value is -3.24. The second-order valence-electron chi connectivity index (χ2n) is 8.38. The number of thiophene rings is 1. The summed E-state index contributed by atoms with van der Waals surface area (Å²) in [6, 6.07) is 15.6. The molecule has 0 unspecified atom stereocenters. The summed E-state index contributed by atoms with van der Waals surface area (Å²) in [5.41, 5.74) is 2.56. The maximum absolute atomic E-state index is 13.2. The van der Waals surface area contributed by atoms with Gasteiger partial charge in [0.05, 0.1) is 38.9 Å². The Bertz CT molecular complexity index is 1340. The molecule has 0 amide bonds. The summed E-state index contributed by atoms with van der Waals surface area (Å²) in [7, 11) is 3.17. The highest BCUT2D eigenvalue weighted by Gasteiger charge is 2.18. The molecular formula is C27H31N3O5S. The van der Waals surface area contributed by atoms with Gasteiger partial charge in [-0.2, -0.15) is 0 Å². The Morgan fingerprint density at radius 3 is 2.58 bits per heavy atom. The fourth-order valence-electron chi connectivity index (χ4n) is 4.13. The van der Waals surface area contributed by atoms with Crippen molar-refractivity contribution in [3.63, 3.8) is 0 Å². The number of aliphatic hydroxyl groups is 1. The Balaban J connectivity index is 1.62. The molecule has 190 valence electrons. The van der Waals surface area contributed by atoms with Crippen LogP contribution in [-0.2, 0) is 17.8 Å². The predicted molar refractivity (Wildman–Crippen MR) is 142 cm³/mol. The van der Waals surface area contributed by atoms with Crippen LogP contribution in [0.4, 0.5) is 0 Å². The van der Waals surface area contributed by atoms with Crippen LogP contribution in [0.25, 0.3) is 21.3 Å². The number of aromatic amines is 1. The SMILES string of the molecule is CCOC[C@@H](O)CN(Cc1ccccc1)Cc1nc2scc(-c3ccc(OC)c(OC)c3)c2c(=O)[nH]1. The van der Waals surface area contributed by atoms with E-state index in [-0.39, 0.29) is 12.2 Å². The van der Waals surface area contributed by atoms with Crippen molar-refractivity contribution < 1.29 is 19.3 Å². The van der Waals surface area contributed by atoms with E-state index in [1.54, 1.807) is 14.2 Å². The van der Waals surface area contributed by atoms with Gasteiger partial charge in [-0.1, -0.05) is 36.4 Å². The molecule has 0 saturated carbocycles.